The van der Waals surface area contributed by atoms with E-state index >= 15 is 0 Å². The van der Waals surface area contributed by atoms with E-state index in [4.69, 9.17) is 0 Å². The van der Waals surface area contributed by atoms with Gasteiger partial charge in [-0.3, -0.25) is 14.4 Å². The lowest BCUT2D eigenvalue weighted by molar-refractivity contribution is -0.164. The minimum absolute atomic E-state index is 0.00215. The zero-order valence-electron chi connectivity index (χ0n) is 24.7. The van der Waals surface area contributed by atoms with Crippen LogP contribution in [0, 0.1) is 68.0 Å². The van der Waals surface area contributed by atoms with Crippen molar-refractivity contribution in [2.45, 2.75) is 93.9 Å². The Hall–Kier alpha value is -2.22. The number of fused-ring (bicyclic) bond motifs is 7. The predicted octanol–water partition coefficient (Wildman–Crippen LogP) is 6.20. The average Bonchev–Trinajstić information content (AvgIpc) is 2.82. The first-order chi connectivity index (χ1) is 17.6. The Bertz CT molecular complexity index is 1200. The van der Waals surface area contributed by atoms with Gasteiger partial charge < -0.3 is 5.32 Å². The highest BCUT2D eigenvalue weighted by atomic mass is 16.2. The number of carbonyl (C=O) groups is 3. The fraction of sp³-hybridized carbons (Fsp3) is 0.758. The van der Waals surface area contributed by atoms with E-state index in [2.05, 4.69) is 46.0 Å². The molecule has 3 fully saturated rings. The normalized spacial score (nSPS) is 44.8. The molecule has 0 aliphatic heterocycles. The number of nitrogens with one attached hydrogen (secondary N) is 1. The summed E-state index contributed by atoms with van der Waals surface area (Å²) in [4.78, 5) is 40.8. The summed E-state index contributed by atoms with van der Waals surface area (Å²) >= 11 is 0. The second kappa shape index (κ2) is 8.39. The van der Waals surface area contributed by atoms with Crippen LogP contribution in [0.15, 0.2) is 23.3 Å². The molecule has 0 heterocycles. The molecule has 206 valence electrons. The van der Waals surface area contributed by atoms with Crippen molar-refractivity contribution in [1.82, 2.24) is 5.32 Å². The number of nitriles is 1. The molecular formula is C33H46N2O3. The lowest BCUT2D eigenvalue weighted by atomic mass is 9.35. The second-order valence-electron chi connectivity index (χ2n) is 15.2. The largest absolute Gasteiger partial charge is 0.356 e. The third-order valence-corrected chi connectivity index (χ3v) is 12.4. The lowest BCUT2D eigenvalue weighted by Crippen LogP contribution is -2.64. The fourth-order valence-electron chi connectivity index (χ4n) is 10.6. The van der Waals surface area contributed by atoms with Gasteiger partial charge in [-0.2, -0.15) is 5.26 Å². The van der Waals surface area contributed by atoms with E-state index < -0.39 is 10.8 Å². The molecule has 5 heteroatoms. The van der Waals surface area contributed by atoms with Crippen molar-refractivity contribution in [2.75, 3.05) is 6.54 Å². The van der Waals surface area contributed by atoms with Gasteiger partial charge in [0.15, 0.2) is 11.6 Å². The van der Waals surface area contributed by atoms with Crippen LogP contribution in [0.3, 0.4) is 0 Å². The summed E-state index contributed by atoms with van der Waals surface area (Å²) in [7, 11) is 0. The average molecular weight is 519 g/mol. The SMILES string of the molecule is CCNC(=O)[C@@H]1CC(C)(C)C[C@H]2C1CC[C@]1(C)[C@@H]2C(=O)C=C2[C@@]3(C)C=C(C#N)C(=O)C(C)(C)C3CC[C@]21C. The number of allylic oxidation sites excluding steroid dienone is 4. The summed E-state index contributed by atoms with van der Waals surface area (Å²) < 4.78 is 0. The van der Waals surface area contributed by atoms with Crippen molar-refractivity contribution in [3.63, 3.8) is 0 Å². The number of hydrogen-bond acceptors (Lipinski definition) is 4. The van der Waals surface area contributed by atoms with Crippen LogP contribution in [0.4, 0.5) is 0 Å². The van der Waals surface area contributed by atoms with Crippen LogP contribution in [0.1, 0.15) is 93.9 Å². The summed E-state index contributed by atoms with van der Waals surface area (Å²) in [6.45, 7) is 18.0. The van der Waals surface area contributed by atoms with Gasteiger partial charge in [0, 0.05) is 29.2 Å². The van der Waals surface area contributed by atoms with Crippen molar-refractivity contribution in [2.24, 2.45) is 56.7 Å². The number of Topliss-reactive ketones (excluding diaryl/α,β-unsaturated/α-hetero) is 1. The number of carbonyl (C=O) groups excluding carboxylic acids is 3. The van der Waals surface area contributed by atoms with Gasteiger partial charge in [-0.15, -0.1) is 0 Å². The highest BCUT2D eigenvalue weighted by molar-refractivity contribution is 6.04. The van der Waals surface area contributed by atoms with Crippen molar-refractivity contribution in [1.29, 1.82) is 5.26 Å². The number of nitrogens with zero attached hydrogens (tertiary/aromatic N) is 1. The van der Waals surface area contributed by atoms with Gasteiger partial charge in [-0.25, -0.2) is 0 Å². The highest BCUT2D eigenvalue weighted by Gasteiger charge is 2.68. The Morgan fingerprint density at radius 2 is 1.71 bits per heavy atom. The van der Waals surface area contributed by atoms with E-state index in [0.717, 1.165) is 44.1 Å². The molecule has 1 N–H and O–H groups in total. The first-order valence-electron chi connectivity index (χ1n) is 14.8. The molecule has 0 aromatic carbocycles. The standard InChI is InChI=1S/C33H46N2O3/c1-9-35-28(38)22-17-29(2,3)16-21-20(22)10-12-33(8)26(21)23(36)14-25-31(6)15-19(18-34)27(37)30(4,5)24(31)11-13-32(25,33)7/h14-15,20-22,24,26H,9-13,16-17H2,1-8H3,(H,35,38)/t20?,21-,22+,24?,26-,31-,32+,33+/m0/s1. The molecule has 5 aliphatic rings. The van der Waals surface area contributed by atoms with Gasteiger partial charge in [0.2, 0.25) is 5.91 Å². The Labute approximate surface area is 228 Å². The number of hydrogen-bond donors (Lipinski definition) is 1. The van der Waals surface area contributed by atoms with Crippen molar-refractivity contribution in [3.8, 4) is 6.07 Å². The maximum Gasteiger partial charge on any atom is 0.223 e. The molecule has 2 unspecified atom stereocenters. The smallest absolute Gasteiger partial charge is 0.223 e. The summed E-state index contributed by atoms with van der Waals surface area (Å²) in [5, 5.41) is 13.0. The Morgan fingerprint density at radius 3 is 2.34 bits per heavy atom. The molecule has 5 aliphatic carbocycles. The third-order valence-electron chi connectivity index (χ3n) is 12.4. The summed E-state index contributed by atoms with van der Waals surface area (Å²) in [6.07, 6.45) is 9.43. The summed E-state index contributed by atoms with van der Waals surface area (Å²) in [5.74, 6) is 0.610. The fourth-order valence-corrected chi connectivity index (χ4v) is 10.6. The highest BCUT2D eigenvalue weighted by Crippen LogP contribution is 2.73. The summed E-state index contributed by atoms with van der Waals surface area (Å²) in [5.41, 5.74) is -0.226. The van der Waals surface area contributed by atoms with Crippen LogP contribution in [-0.2, 0) is 14.4 Å². The van der Waals surface area contributed by atoms with Crippen LogP contribution in [0.2, 0.25) is 0 Å². The van der Waals surface area contributed by atoms with Crippen LogP contribution in [0.25, 0.3) is 0 Å². The maximum absolute atomic E-state index is 14.4. The quantitative estimate of drug-likeness (QED) is 0.472. The molecule has 0 spiro atoms. The molecule has 0 aromatic rings. The van der Waals surface area contributed by atoms with E-state index in [9.17, 15) is 19.6 Å². The van der Waals surface area contributed by atoms with Crippen LogP contribution >= 0.6 is 0 Å². The van der Waals surface area contributed by atoms with Crippen molar-refractivity contribution < 1.29 is 14.4 Å². The van der Waals surface area contributed by atoms with Crippen molar-refractivity contribution >= 4 is 17.5 Å². The van der Waals surface area contributed by atoms with Gasteiger partial charge in [0.05, 0.1) is 5.57 Å². The second-order valence-corrected chi connectivity index (χ2v) is 15.2. The number of amides is 1. The Kier molecular flexibility index (Phi) is 6.04. The van der Waals surface area contributed by atoms with Gasteiger partial charge in [0.1, 0.15) is 6.07 Å². The Balaban J connectivity index is 1.64. The van der Waals surface area contributed by atoms with E-state index in [-0.39, 0.29) is 68.9 Å². The monoisotopic (exact) mass is 518 g/mol. The number of ketones is 2. The molecule has 5 nitrogen and oxygen atoms in total. The van der Waals surface area contributed by atoms with Crippen LogP contribution in [-0.4, -0.2) is 24.0 Å². The van der Waals surface area contributed by atoms with Gasteiger partial charge in [-0.1, -0.05) is 60.1 Å². The number of rotatable bonds is 2. The van der Waals surface area contributed by atoms with Gasteiger partial charge in [0.25, 0.3) is 0 Å². The molecule has 8 atom stereocenters. The van der Waals surface area contributed by atoms with Crippen LogP contribution < -0.4 is 5.32 Å². The molecular weight excluding hydrogens is 472 g/mol. The molecule has 0 bridgehead atoms. The van der Waals surface area contributed by atoms with E-state index in [1.54, 1.807) is 0 Å². The zero-order chi connectivity index (χ0) is 28.1. The minimum Gasteiger partial charge on any atom is -0.356 e. The molecule has 0 saturated heterocycles. The molecule has 3 saturated carbocycles. The zero-order valence-corrected chi connectivity index (χ0v) is 24.7. The van der Waals surface area contributed by atoms with Crippen molar-refractivity contribution in [3.05, 3.63) is 23.3 Å². The molecule has 0 aromatic heterocycles. The van der Waals surface area contributed by atoms with E-state index in [1.165, 1.54) is 0 Å². The minimum atomic E-state index is -0.650. The molecule has 38 heavy (non-hydrogen) atoms. The third kappa shape index (κ3) is 3.44. The lowest BCUT2D eigenvalue weighted by Gasteiger charge is -2.68. The first kappa shape index (κ1) is 27.4. The topological polar surface area (TPSA) is 87.0 Å². The van der Waals surface area contributed by atoms with E-state index in [1.807, 2.05) is 32.9 Å². The van der Waals surface area contributed by atoms with Gasteiger partial charge in [-0.05, 0) is 85.5 Å². The molecule has 0 radical (unpaired) electrons. The Morgan fingerprint density at radius 1 is 1.03 bits per heavy atom. The predicted molar refractivity (Wildman–Crippen MR) is 148 cm³/mol. The maximum atomic E-state index is 14.4. The molecule has 5 rings (SSSR count). The summed E-state index contributed by atoms with van der Waals surface area (Å²) in [6, 6.07) is 2.19. The van der Waals surface area contributed by atoms with E-state index in [0.29, 0.717) is 6.54 Å². The van der Waals surface area contributed by atoms with Crippen LogP contribution in [0.5, 0.6) is 0 Å². The first-order valence-corrected chi connectivity index (χ1v) is 14.8. The molecule has 1 amide bonds. The van der Waals surface area contributed by atoms with Gasteiger partial charge >= 0.3 is 0 Å².